The summed E-state index contributed by atoms with van der Waals surface area (Å²) in [4.78, 5) is 12.0. The first-order valence-electron chi connectivity index (χ1n) is 8.55. The van der Waals surface area contributed by atoms with Gasteiger partial charge in [-0.15, -0.1) is 0 Å². The van der Waals surface area contributed by atoms with Gasteiger partial charge in [0.25, 0.3) is 0 Å². The van der Waals surface area contributed by atoms with Crippen LogP contribution in [0.2, 0.25) is 0 Å². The van der Waals surface area contributed by atoms with Crippen molar-refractivity contribution < 1.29 is 33.6 Å². The van der Waals surface area contributed by atoms with Gasteiger partial charge in [-0.25, -0.2) is 0 Å². The van der Waals surface area contributed by atoms with E-state index in [1.807, 2.05) is 24.3 Å². The van der Waals surface area contributed by atoms with Crippen molar-refractivity contribution in [3.8, 4) is 5.75 Å². The summed E-state index contributed by atoms with van der Waals surface area (Å²) in [5.74, 6) is -0.305. The maximum Gasteiger partial charge on any atom is 0.312 e. The van der Waals surface area contributed by atoms with Crippen molar-refractivity contribution in [2.75, 3.05) is 20.3 Å². The van der Waals surface area contributed by atoms with Gasteiger partial charge in [0.15, 0.2) is 6.29 Å². The van der Waals surface area contributed by atoms with Gasteiger partial charge < -0.3 is 28.8 Å². The lowest BCUT2D eigenvalue weighted by molar-refractivity contribution is -0.300. The molecule has 1 aromatic rings. The van der Waals surface area contributed by atoms with Gasteiger partial charge in [0.1, 0.15) is 18.0 Å². The van der Waals surface area contributed by atoms with Crippen LogP contribution in [-0.4, -0.2) is 55.8 Å². The molecule has 1 aliphatic carbocycles. The van der Waals surface area contributed by atoms with Gasteiger partial charge in [0, 0.05) is 11.5 Å². The van der Waals surface area contributed by atoms with E-state index in [0.717, 1.165) is 5.56 Å². The summed E-state index contributed by atoms with van der Waals surface area (Å²) in [5, 5.41) is 10.7. The van der Waals surface area contributed by atoms with Crippen molar-refractivity contribution in [3.63, 3.8) is 0 Å². The van der Waals surface area contributed by atoms with Crippen LogP contribution in [0.1, 0.15) is 18.8 Å². The normalized spacial score (nSPS) is 39.1. The standard InChI is InChI=1S/C18H22O7/c1-3-22-17(20)13-12-14(19)15-11(24-16(12)13)8-23-18(25-15)9-5-4-6-10(7-9)21-2/h4-7,11-16,18-19H,3,8H2,1-2H3/t11?,12?,13-,14+,15?,16?,18?/m0/s1. The Bertz CT molecular complexity index is 648. The highest BCUT2D eigenvalue weighted by Gasteiger charge is 2.67. The number of rotatable bonds is 4. The number of hydrogen-bond donors (Lipinski definition) is 1. The molecule has 0 radical (unpaired) electrons. The minimum atomic E-state index is -0.782. The van der Waals surface area contributed by atoms with E-state index in [1.165, 1.54) is 0 Å². The van der Waals surface area contributed by atoms with Gasteiger partial charge in [-0.05, 0) is 19.1 Å². The van der Waals surface area contributed by atoms with Crippen molar-refractivity contribution >= 4 is 5.97 Å². The fraction of sp³-hybridized carbons (Fsp3) is 0.611. The quantitative estimate of drug-likeness (QED) is 0.813. The molecule has 25 heavy (non-hydrogen) atoms. The molecule has 0 amide bonds. The van der Waals surface area contributed by atoms with E-state index < -0.39 is 30.5 Å². The molecule has 7 nitrogen and oxygen atoms in total. The summed E-state index contributed by atoms with van der Waals surface area (Å²) in [6, 6.07) is 7.41. The van der Waals surface area contributed by atoms with Crippen LogP contribution in [0.3, 0.4) is 0 Å². The third-order valence-corrected chi connectivity index (χ3v) is 5.05. The zero-order valence-corrected chi connectivity index (χ0v) is 14.2. The molecule has 5 unspecified atom stereocenters. The highest BCUT2D eigenvalue weighted by Crippen LogP contribution is 2.52. The van der Waals surface area contributed by atoms with E-state index in [2.05, 4.69) is 0 Å². The number of methoxy groups -OCH3 is 1. The fourth-order valence-electron chi connectivity index (χ4n) is 3.76. The summed E-state index contributed by atoms with van der Waals surface area (Å²) in [6.07, 6.45) is -2.62. The first kappa shape index (κ1) is 16.8. The molecule has 0 bridgehead atoms. The van der Waals surface area contributed by atoms with Crippen molar-refractivity contribution in [3.05, 3.63) is 29.8 Å². The van der Waals surface area contributed by atoms with E-state index in [4.69, 9.17) is 23.7 Å². The molecular formula is C18H22O7. The number of aliphatic hydroxyl groups excluding tert-OH is 1. The lowest BCUT2D eigenvalue weighted by Gasteiger charge is -2.41. The lowest BCUT2D eigenvalue weighted by Crippen LogP contribution is -2.53. The molecule has 7 atom stereocenters. The van der Waals surface area contributed by atoms with E-state index in [-0.39, 0.29) is 18.0 Å². The molecular weight excluding hydrogens is 328 g/mol. The van der Waals surface area contributed by atoms with E-state index >= 15 is 0 Å². The molecule has 0 aromatic heterocycles. The molecule has 2 aliphatic heterocycles. The van der Waals surface area contributed by atoms with Gasteiger partial charge in [0.05, 0.1) is 38.4 Å². The lowest BCUT2D eigenvalue weighted by atomic mass is 9.99. The predicted octanol–water partition coefficient (Wildman–Crippen LogP) is 1.05. The Balaban J connectivity index is 1.47. The Morgan fingerprint density at radius 2 is 2.16 bits per heavy atom. The van der Waals surface area contributed by atoms with Crippen LogP contribution >= 0.6 is 0 Å². The average molecular weight is 350 g/mol. The van der Waals surface area contributed by atoms with E-state index in [1.54, 1.807) is 14.0 Å². The topological polar surface area (TPSA) is 83.5 Å². The predicted molar refractivity (Wildman–Crippen MR) is 84.8 cm³/mol. The highest BCUT2D eigenvalue weighted by molar-refractivity contribution is 5.77. The Morgan fingerprint density at radius 1 is 1.32 bits per heavy atom. The zero-order valence-electron chi connectivity index (χ0n) is 14.2. The smallest absolute Gasteiger partial charge is 0.312 e. The van der Waals surface area contributed by atoms with Crippen LogP contribution < -0.4 is 4.74 Å². The summed E-state index contributed by atoms with van der Waals surface area (Å²) in [5.41, 5.74) is 0.810. The average Bonchev–Trinajstić information content (AvgIpc) is 3.36. The molecule has 3 aliphatic rings. The third-order valence-electron chi connectivity index (χ3n) is 5.05. The van der Waals surface area contributed by atoms with Gasteiger partial charge in [-0.1, -0.05) is 12.1 Å². The van der Waals surface area contributed by atoms with Gasteiger partial charge in [-0.3, -0.25) is 4.79 Å². The Hall–Kier alpha value is -1.67. The number of hydrogen-bond acceptors (Lipinski definition) is 7. The summed E-state index contributed by atoms with van der Waals surface area (Å²) >= 11 is 0. The van der Waals surface area contributed by atoms with Crippen LogP contribution in [-0.2, 0) is 23.7 Å². The number of aliphatic hydroxyl groups is 1. The maximum absolute atomic E-state index is 12.0. The summed E-state index contributed by atoms with van der Waals surface area (Å²) in [7, 11) is 1.60. The monoisotopic (exact) mass is 350 g/mol. The molecule has 2 heterocycles. The molecule has 7 heteroatoms. The van der Waals surface area contributed by atoms with Crippen LogP contribution in [0.5, 0.6) is 5.75 Å². The first-order chi connectivity index (χ1) is 12.1. The second kappa shape index (κ2) is 6.57. The third kappa shape index (κ3) is 2.91. The van der Waals surface area contributed by atoms with Crippen molar-refractivity contribution in [1.29, 1.82) is 0 Å². The highest BCUT2D eigenvalue weighted by atomic mass is 16.7. The molecule has 136 valence electrons. The molecule has 0 spiro atoms. The largest absolute Gasteiger partial charge is 0.497 e. The van der Waals surface area contributed by atoms with Crippen LogP contribution in [0, 0.1) is 11.8 Å². The number of esters is 1. The van der Waals surface area contributed by atoms with Crippen LogP contribution in [0.25, 0.3) is 0 Å². The van der Waals surface area contributed by atoms with Gasteiger partial charge in [-0.2, -0.15) is 0 Å². The Labute approximate surface area is 145 Å². The second-order valence-electron chi connectivity index (χ2n) is 6.53. The minimum Gasteiger partial charge on any atom is -0.497 e. The van der Waals surface area contributed by atoms with E-state index in [0.29, 0.717) is 19.0 Å². The molecule has 1 N–H and O–H groups in total. The maximum atomic E-state index is 12.0. The van der Waals surface area contributed by atoms with Crippen LogP contribution in [0.15, 0.2) is 24.3 Å². The Morgan fingerprint density at radius 3 is 2.92 bits per heavy atom. The number of benzene rings is 1. The molecule has 1 aromatic carbocycles. The zero-order chi connectivity index (χ0) is 17.6. The number of carbonyl (C=O) groups excluding carboxylic acids is 1. The number of carbonyl (C=O) groups is 1. The first-order valence-corrected chi connectivity index (χ1v) is 8.55. The number of ether oxygens (including phenoxy) is 5. The summed E-state index contributed by atoms with van der Waals surface area (Å²) < 4.78 is 27.9. The molecule has 3 fully saturated rings. The second-order valence-corrected chi connectivity index (χ2v) is 6.53. The van der Waals surface area contributed by atoms with Crippen molar-refractivity contribution in [2.24, 2.45) is 11.8 Å². The molecule has 4 rings (SSSR count). The number of fused-ring (bicyclic) bond motifs is 2. The van der Waals surface area contributed by atoms with Gasteiger partial charge in [0.2, 0.25) is 0 Å². The fourth-order valence-corrected chi connectivity index (χ4v) is 3.76. The SMILES string of the molecule is CCOC(=O)[C@@H]1C2OC3COC(c4cccc(OC)c4)OC3[C@H](O)C21. The van der Waals surface area contributed by atoms with Crippen LogP contribution in [0.4, 0.5) is 0 Å². The van der Waals surface area contributed by atoms with Crippen molar-refractivity contribution in [1.82, 2.24) is 0 Å². The Kier molecular flexibility index (Phi) is 4.41. The molecule has 2 saturated heterocycles. The van der Waals surface area contributed by atoms with Crippen molar-refractivity contribution in [2.45, 2.75) is 37.6 Å². The summed E-state index contributed by atoms with van der Waals surface area (Å²) in [6.45, 7) is 2.37. The van der Waals surface area contributed by atoms with E-state index in [9.17, 15) is 9.90 Å². The minimum absolute atomic E-state index is 0.274. The molecule has 1 saturated carbocycles. The van der Waals surface area contributed by atoms with Gasteiger partial charge >= 0.3 is 5.97 Å².